The van der Waals surface area contributed by atoms with E-state index in [1.54, 1.807) is 49.2 Å². The average Bonchev–Trinajstić information content (AvgIpc) is 3.54. The minimum atomic E-state index is -0.245. The Morgan fingerprint density at radius 1 is 0.971 bits per heavy atom. The van der Waals surface area contributed by atoms with Gasteiger partial charge in [0.2, 0.25) is 0 Å². The molecule has 0 saturated heterocycles. The number of benzene rings is 2. The highest BCUT2D eigenvalue weighted by atomic mass is 16.3. The predicted octanol–water partition coefficient (Wildman–Crippen LogP) is 5.70. The van der Waals surface area contributed by atoms with Crippen molar-refractivity contribution in [1.82, 2.24) is 19.5 Å². The lowest BCUT2D eigenvalue weighted by atomic mass is 9.99. The maximum Gasteiger partial charge on any atom is 0.256 e. The van der Waals surface area contributed by atoms with Crippen LogP contribution in [-0.4, -0.2) is 25.4 Å². The number of carbonyl (C=O) groups is 1. The van der Waals surface area contributed by atoms with E-state index in [4.69, 9.17) is 9.40 Å². The number of aryl methyl sites for hydroxylation is 1. The lowest BCUT2D eigenvalue weighted by molar-refractivity contribution is 0.102. The molecule has 0 saturated carbocycles. The number of pyridine rings is 2. The highest BCUT2D eigenvalue weighted by molar-refractivity contribution is 6.13. The molecule has 2 aromatic carbocycles. The fraction of sp³-hybridized carbons (Fsp3) is 0.0370. The molecule has 6 aromatic rings. The number of nitrogens with zero attached hydrogens (tertiary/aromatic N) is 4. The smallest absolute Gasteiger partial charge is 0.256 e. The highest BCUT2D eigenvalue weighted by Crippen LogP contribution is 2.31. The summed E-state index contributed by atoms with van der Waals surface area (Å²) in [7, 11) is 1.97. The molecule has 6 rings (SSSR count). The largest absolute Gasteiger partial charge is 0.463 e. The van der Waals surface area contributed by atoms with Gasteiger partial charge in [-0.3, -0.25) is 9.78 Å². The van der Waals surface area contributed by atoms with Crippen LogP contribution < -0.4 is 5.32 Å². The van der Waals surface area contributed by atoms with E-state index in [2.05, 4.69) is 33.5 Å². The number of amides is 1. The van der Waals surface area contributed by atoms with Gasteiger partial charge in [0.25, 0.3) is 5.91 Å². The van der Waals surface area contributed by atoms with E-state index in [1.165, 1.54) is 0 Å². The van der Waals surface area contributed by atoms with Crippen molar-refractivity contribution in [3.8, 4) is 22.6 Å². The van der Waals surface area contributed by atoms with Crippen LogP contribution in [-0.2, 0) is 7.05 Å². The molecule has 0 aliphatic rings. The van der Waals surface area contributed by atoms with Gasteiger partial charge in [0, 0.05) is 18.6 Å². The molecular weight excluding hydrogens is 426 g/mol. The van der Waals surface area contributed by atoms with Crippen molar-refractivity contribution in [2.45, 2.75) is 0 Å². The molecule has 0 radical (unpaired) electrons. The summed E-state index contributed by atoms with van der Waals surface area (Å²) in [5.74, 6) is 0.354. The van der Waals surface area contributed by atoms with Crippen LogP contribution in [0.5, 0.6) is 0 Å². The molecule has 0 atom stereocenters. The lowest BCUT2D eigenvalue weighted by Gasteiger charge is -2.11. The van der Waals surface area contributed by atoms with Crippen molar-refractivity contribution in [3.05, 3.63) is 97.3 Å². The predicted molar refractivity (Wildman–Crippen MR) is 131 cm³/mol. The molecule has 0 aliphatic carbocycles. The first kappa shape index (κ1) is 19.9. The van der Waals surface area contributed by atoms with E-state index >= 15 is 0 Å². The third-order valence-corrected chi connectivity index (χ3v) is 5.81. The zero-order chi connectivity index (χ0) is 23.1. The normalized spacial score (nSPS) is 11.2. The van der Waals surface area contributed by atoms with Crippen molar-refractivity contribution in [3.63, 3.8) is 0 Å². The van der Waals surface area contributed by atoms with Crippen LogP contribution >= 0.6 is 0 Å². The SMILES string of the molecule is Cn1cnc2cc(-c3ccc4nc(-c5ccco5)cc(C(=O)Nc5cccnc5)c4c3)ccc21. The first-order valence-corrected chi connectivity index (χ1v) is 10.8. The Labute approximate surface area is 194 Å². The van der Waals surface area contributed by atoms with Gasteiger partial charge in [-0.05, 0) is 65.7 Å². The summed E-state index contributed by atoms with van der Waals surface area (Å²) in [4.78, 5) is 26.7. The Morgan fingerprint density at radius 3 is 2.68 bits per heavy atom. The summed E-state index contributed by atoms with van der Waals surface area (Å²) in [5, 5.41) is 3.68. The van der Waals surface area contributed by atoms with Crippen LogP contribution in [0.3, 0.4) is 0 Å². The molecule has 1 amide bonds. The minimum Gasteiger partial charge on any atom is -0.463 e. The molecule has 1 N–H and O–H groups in total. The van der Waals surface area contributed by atoms with Crippen molar-refractivity contribution < 1.29 is 9.21 Å². The maximum atomic E-state index is 13.4. The second-order valence-corrected chi connectivity index (χ2v) is 8.02. The van der Waals surface area contributed by atoms with Crippen molar-refractivity contribution in [2.24, 2.45) is 7.05 Å². The average molecular weight is 445 g/mol. The highest BCUT2D eigenvalue weighted by Gasteiger charge is 2.17. The number of anilines is 1. The van der Waals surface area contributed by atoms with Gasteiger partial charge < -0.3 is 14.3 Å². The Hall–Kier alpha value is -4.78. The summed E-state index contributed by atoms with van der Waals surface area (Å²) in [6.45, 7) is 0. The van der Waals surface area contributed by atoms with E-state index in [0.29, 0.717) is 28.2 Å². The van der Waals surface area contributed by atoms with Gasteiger partial charge in [0.15, 0.2) is 5.76 Å². The Balaban J connectivity index is 1.50. The minimum absolute atomic E-state index is 0.245. The molecule has 164 valence electrons. The Kier molecular flexibility index (Phi) is 4.66. The second-order valence-electron chi connectivity index (χ2n) is 8.02. The van der Waals surface area contributed by atoms with Gasteiger partial charge in [-0.1, -0.05) is 12.1 Å². The van der Waals surface area contributed by atoms with Crippen molar-refractivity contribution in [2.75, 3.05) is 5.32 Å². The quantitative estimate of drug-likeness (QED) is 0.376. The molecule has 0 unspecified atom stereocenters. The third-order valence-electron chi connectivity index (χ3n) is 5.81. The van der Waals surface area contributed by atoms with Crippen molar-refractivity contribution >= 4 is 33.5 Å². The van der Waals surface area contributed by atoms with Crippen LogP contribution in [0.4, 0.5) is 5.69 Å². The number of hydrogen-bond acceptors (Lipinski definition) is 5. The first-order chi connectivity index (χ1) is 16.7. The van der Waals surface area contributed by atoms with Crippen LogP contribution in [0.25, 0.3) is 44.5 Å². The van der Waals surface area contributed by atoms with E-state index in [9.17, 15) is 4.79 Å². The fourth-order valence-corrected chi connectivity index (χ4v) is 4.09. The Morgan fingerprint density at radius 2 is 1.85 bits per heavy atom. The molecule has 7 heteroatoms. The van der Waals surface area contributed by atoms with Crippen LogP contribution in [0.1, 0.15) is 10.4 Å². The van der Waals surface area contributed by atoms with Crippen LogP contribution in [0, 0.1) is 0 Å². The molecule has 0 bridgehead atoms. The summed E-state index contributed by atoms with van der Waals surface area (Å²) >= 11 is 0. The molecule has 4 heterocycles. The van der Waals surface area contributed by atoms with E-state index in [-0.39, 0.29) is 5.91 Å². The molecule has 7 nitrogen and oxygen atoms in total. The second kappa shape index (κ2) is 7.97. The van der Waals surface area contributed by atoms with E-state index < -0.39 is 0 Å². The molecule has 0 aliphatic heterocycles. The molecule has 4 aromatic heterocycles. The summed E-state index contributed by atoms with van der Waals surface area (Å²) in [5.41, 5.74) is 6.39. The molecule has 34 heavy (non-hydrogen) atoms. The standard InChI is InChI=1S/C27H19N5O2/c1-32-16-29-23-13-18(7-9-25(23)32)17-6-8-22-20(12-17)21(14-24(31-22)26-5-3-11-34-26)27(33)30-19-4-2-10-28-15-19/h2-16H,1H3,(H,30,33). The number of furan rings is 1. The number of aromatic nitrogens is 4. The number of hydrogen-bond donors (Lipinski definition) is 1. The number of fused-ring (bicyclic) bond motifs is 2. The summed E-state index contributed by atoms with van der Waals surface area (Å²) in [6.07, 6.45) is 6.67. The summed E-state index contributed by atoms with van der Waals surface area (Å²) < 4.78 is 7.53. The van der Waals surface area contributed by atoms with E-state index in [1.807, 2.05) is 35.9 Å². The Bertz CT molecular complexity index is 1650. The number of carbonyl (C=O) groups excluding carboxylic acids is 1. The van der Waals surface area contributed by atoms with Crippen molar-refractivity contribution in [1.29, 1.82) is 0 Å². The maximum absolute atomic E-state index is 13.4. The number of nitrogens with one attached hydrogen (secondary N) is 1. The summed E-state index contributed by atoms with van der Waals surface area (Å²) in [6, 6.07) is 21.1. The first-order valence-electron chi connectivity index (χ1n) is 10.8. The van der Waals surface area contributed by atoms with Gasteiger partial charge >= 0.3 is 0 Å². The number of imidazole rings is 1. The molecule has 0 spiro atoms. The lowest BCUT2D eigenvalue weighted by Crippen LogP contribution is -2.13. The topological polar surface area (TPSA) is 85.8 Å². The van der Waals surface area contributed by atoms with Crippen LogP contribution in [0.2, 0.25) is 0 Å². The van der Waals surface area contributed by atoms with Gasteiger partial charge in [-0.2, -0.15) is 0 Å². The molecule has 0 fully saturated rings. The monoisotopic (exact) mass is 445 g/mol. The van der Waals surface area contributed by atoms with Gasteiger partial charge in [0.1, 0.15) is 5.69 Å². The molecular formula is C27H19N5O2. The van der Waals surface area contributed by atoms with Gasteiger partial charge in [0.05, 0.1) is 46.6 Å². The fourth-order valence-electron chi connectivity index (χ4n) is 4.09. The zero-order valence-corrected chi connectivity index (χ0v) is 18.3. The third kappa shape index (κ3) is 3.49. The van der Waals surface area contributed by atoms with Crippen LogP contribution in [0.15, 0.2) is 96.1 Å². The zero-order valence-electron chi connectivity index (χ0n) is 18.3. The van der Waals surface area contributed by atoms with E-state index in [0.717, 1.165) is 27.5 Å². The number of rotatable bonds is 4. The van der Waals surface area contributed by atoms with Gasteiger partial charge in [-0.25, -0.2) is 9.97 Å². The van der Waals surface area contributed by atoms with Gasteiger partial charge in [-0.15, -0.1) is 0 Å².